The predicted octanol–water partition coefficient (Wildman–Crippen LogP) is 4.22. The van der Waals surface area contributed by atoms with Crippen molar-refractivity contribution in [2.24, 2.45) is 0 Å². The van der Waals surface area contributed by atoms with Crippen molar-refractivity contribution in [2.75, 3.05) is 13.7 Å². The Bertz CT molecular complexity index is 825. The van der Waals surface area contributed by atoms with Crippen molar-refractivity contribution >= 4 is 23.4 Å². The maximum Gasteiger partial charge on any atom is 0.242 e. The number of hydrogen-bond acceptors (Lipinski definition) is 3. The van der Waals surface area contributed by atoms with Crippen LogP contribution in [0.3, 0.4) is 0 Å². The molecule has 0 bridgehead atoms. The first-order valence-corrected chi connectivity index (χ1v) is 10.3. The second-order valence-electron chi connectivity index (χ2n) is 6.86. The van der Waals surface area contributed by atoms with E-state index in [2.05, 4.69) is 5.32 Å². The summed E-state index contributed by atoms with van der Waals surface area (Å²) in [5, 5.41) is 3.47. The van der Waals surface area contributed by atoms with Crippen LogP contribution in [-0.4, -0.2) is 36.4 Å². The zero-order valence-electron chi connectivity index (χ0n) is 17.3. The minimum absolute atomic E-state index is 0.134. The van der Waals surface area contributed by atoms with Crippen LogP contribution in [0.4, 0.5) is 0 Å². The smallest absolute Gasteiger partial charge is 0.242 e. The first-order chi connectivity index (χ1) is 14.0. The van der Waals surface area contributed by atoms with Gasteiger partial charge in [0, 0.05) is 18.1 Å². The number of carbonyl (C=O) groups is 2. The van der Waals surface area contributed by atoms with Gasteiger partial charge in [0.15, 0.2) is 0 Å². The van der Waals surface area contributed by atoms with E-state index in [4.69, 9.17) is 16.3 Å². The molecule has 2 aromatic rings. The van der Waals surface area contributed by atoms with Gasteiger partial charge in [0.2, 0.25) is 11.8 Å². The monoisotopic (exact) mass is 416 g/mol. The Morgan fingerprint density at radius 1 is 1.14 bits per heavy atom. The first-order valence-electron chi connectivity index (χ1n) is 9.93. The molecule has 1 N–H and O–H groups in total. The average Bonchev–Trinajstić information content (AvgIpc) is 2.73. The summed E-state index contributed by atoms with van der Waals surface area (Å²) in [5.74, 6) is 0.439. The number of methoxy groups -OCH3 is 1. The summed E-state index contributed by atoms with van der Waals surface area (Å²) >= 11 is 6.25. The number of nitrogens with zero attached hydrogens (tertiary/aromatic N) is 1. The topological polar surface area (TPSA) is 58.6 Å². The fourth-order valence-electron chi connectivity index (χ4n) is 3.16. The summed E-state index contributed by atoms with van der Waals surface area (Å²) in [4.78, 5) is 27.7. The van der Waals surface area contributed by atoms with Crippen LogP contribution in [0.15, 0.2) is 48.5 Å². The number of ether oxygens (including phenoxy) is 1. The third-order valence-corrected chi connectivity index (χ3v) is 5.09. The molecule has 0 aromatic heterocycles. The largest absolute Gasteiger partial charge is 0.497 e. The van der Waals surface area contributed by atoms with Crippen LogP contribution in [0.5, 0.6) is 5.75 Å². The fourth-order valence-corrected chi connectivity index (χ4v) is 3.36. The van der Waals surface area contributed by atoms with Gasteiger partial charge in [-0.3, -0.25) is 9.59 Å². The Kier molecular flexibility index (Phi) is 9.00. The minimum atomic E-state index is -0.553. The van der Waals surface area contributed by atoms with Crippen LogP contribution >= 0.6 is 11.6 Å². The summed E-state index contributed by atoms with van der Waals surface area (Å²) in [6.45, 7) is 4.81. The lowest BCUT2D eigenvalue weighted by atomic mass is 10.1. The molecule has 0 spiro atoms. The standard InChI is InChI=1S/C23H29ClN2O3/c1-4-13-25-23(28)21(5-2)26(16-17-9-8-11-19(14-17)29-3)22(27)15-18-10-6-7-12-20(18)24/h6-12,14,21H,4-5,13,15-16H2,1-3H3,(H,25,28)/t21-/m1/s1. The van der Waals surface area contributed by atoms with Crippen molar-refractivity contribution in [2.45, 2.75) is 45.7 Å². The summed E-state index contributed by atoms with van der Waals surface area (Å²) in [7, 11) is 1.60. The first kappa shape index (κ1) is 22.8. The van der Waals surface area contributed by atoms with E-state index in [1.807, 2.05) is 56.3 Å². The van der Waals surface area contributed by atoms with E-state index in [0.29, 0.717) is 30.3 Å². The van der Waals surface area contributed by atoms with E-state index < -0.39 is 6.04 Å². The summed E-state index contributed by atoms with van der Waals surface area (Å²) in [5.41, 5.74) is 1.65. The molecule has 2 amide bonds. The highest BCUT2D eigenvalue weighted by atomic mass is 35.5. The van der Waals surface area contributed by atoms with Gasteiger partial charge in [-0.05, 0) is 42.2 Å². The lowest BCUT2D eigenvalue weighted by Crippen LogP contribution is -2.49. The second kappa shape index (κ2) is 11.5. The van der Waals surface area contributed by atoms with Crippen LogP contribution in [0.2, 0.25) is 5.02 Å². The van der Waals surface area contributed by atoms with E-state index >= 15 is 0 Å². The van der Waals surface area contributed by atoms with E-state index in [1.54, 1.807) is 18.1 Å². The molecule has 6 heteroatoms. The molecular formula is C23H29ClN2O3. The van der Waals surface area contributed by atoms with Crippen molar-refractivity contribution in [1.29, 1.82) is 0 Å². The summed E-state index contributed by atoms with van der Waals surface area (Å²) in [6.07, 6.45) is 1.50. The zero-order valence-corrected chi connectivity index (χ0v) is 18.0. The van der Waals surface area contributed by atoms with Gasteiger partial charge in [-0.2, -0.15) is 0 Å². The number of nitrogens with one attached hydrogen (secondary N) is 1. The van der Waals surface area contributed by atoms with Crippen molar-refractivity contribution in [3.63, 3.8) is 0 Å². The van der Waals surface area contributed by atoms with E-state index in [-0.39, 0.29) is 18.2 Å². The zero-order chi connectivity index (χ0) is 21.2. The Balaban J connectivity index is 2.30. The van der Waals surface area contributed by atoms with Crippen LogP contribution in [-0.2, 0) is 22.6 Å². The average molecular weight is 417 g/mol. The highest BCUT2D eigenvalue weighted by Crippen LogP contribution is 2.20. The van der Waals surface area contributed by atoms with E-state index in [9.17, 15) is 9.59 Å². The van der Waals surface area contributed by atoms with Crippen LogP contribution in [0.1, 0.15) is 37.8 Å². The summed E-state index contributed by atoms with van der Waals surface area (Å²) in [6, 6.07) is 14.3. The molecule has 1 atom stereocenters. The van der Waals surface area contributed by atoms with Gasteiger partial charge < -0.3 is 15.0 Å². The number of amides is 2. The van der Waals surface area contributed by atoms with Crippen molar-refractivity contribution in [3.05, 3.63) is 64.7 Å². The fraction of sp³-hybridized carbons (Fsp3) is 0.391. The maximum absolute atomic E-state index is 13.3. The molecule has 29 heavy (non-hydrogen) atoms. The molecule has 0 radical (unpaired) electrons. The number of rotatable bonds is 10. The molecule has 0 saturated heterocycles. The van der Waals surface area contributed by atoms with Gasteiger partial charge in [-0.15, -0.1) is 0 Å². The van der Waals surface area contributed by atoms with Gasteiger partial charge in [0.1, 0.15) is 11.8 Å². The minimum Gasteiger partial charge on any atom is -0.497 e. The quantitative estimate of drug-likeness (QED) is 0.630. The Morgan fingerprint density at radius 2 is 1.90 bits per heavy atom. The second-order valence-corrected chi connectivity index (χ2v) is 7.26. The molecule has 0 aliphatic heterocycles. The van der Waals surface area contributed by atoms with Gasteiger partial charge in [-0.1, -0.05) is 55.8 Å². The lowest BCUT2D eigenvalue weighted by molar-refractivity contribution is -0.140. The SMILES string of the molecule is CCCNC(=O)[C@@H](CC)N(Cc1cccc(OC)c1)C(=O)Cc1ccccc1Cl. The van der Waals surface area contributed by atoms with Crippen molar-refractivity contribution < 1.29 is 14.3 Å². The summed E-state index contributed by atoms with van der Waals surface area (Å²) < 4.78 is 5.30. The molecule has 2 aromatic carbocycles. The molecule has 0 saturated carbocycles. The Labute approximate surface area is 178 Å². The predicted molar refractivity (Wildman–Crippen MR) is 116 cm³/mol. The maximum atomic E-state index is 13.3. The Hall–Kier alpha value is -2.53. The molecule has 0 aliphatic rings. The van der Waals surface area contributed by atoms with Gasteiger partial charge >= 0.3 is 0 Å². The molecule has 0 aliphatic carbocycles. The van der Waals surface area contributed by atoms with Crippen molar-refractivity contribution in [3.8, 4) is 5.75 Å². The molecule has 0 fully saturated rings. The molecular weight excluding hydrogens is 388 g/mol. The van der Waals surface area contributed by atoms with Gasteiger partial charge in [0.05, 0.1) is 13.5 Å². The van der Waals surface area contributed by atoms with Crippen LogP contribution in [0, 0.1) is 0 Å². The van der Waals surface area contributed by atoms with E-state index in [1.165, 1.54) is 0 Å². The third-order valence-electron chi connectivity index (χ3n) is 4.72. The normalized spacial score (nSPS) is 11.6. The van der Waals surface area contributed by atoms with Crippen LogP contribution < -0.4 is 10.1 Å². The number of carbonyl (C=O) groups excluding carboxylic acids is 2. The molecule has 5 nitrogen and oxygen atoms in total. The molecule has 156 valence electrons. The van der Waals surface area contributed by atoms with E-state index in [0.717, 1.165) is 17.5 Å². The molecule has 2 rings (SSSR count). The lowest BCUT2D eigenvalue weighted by Gasteiger charge is -2.31. The number of benzene rings is 2. The number of halogens is 1. The molecule has 0 unspecified atom stereocenters. The van der Waals surface area contributed by atoms with Crippen LogP contribution in [0.25, 0.3) is 0 Å². The number of hydrogen-bond donors (Lipinski definition) is 1. The van der Waals surface area contributed by atoms with Crippen molar-refractivity contribution in [1.82, 2.24) is 10.2 Å². The Morgan fingerprint density at radius 3 is 2.55 bits per heavy atom. The van der Waals surface area contributed by atoms with Gasteiger partial charge in [-0.25, -0.2) is 0 Å². The third kappa shape index (κ3) is 6.50. The van der Waals surface area contributed by atoms with Gasteiger partial charge in [0.25, 0.3) is 0 Å². The molecule has 0 heterocycles. The highest BCUT2D eigenvalue weighted by molar-refractivity contribution is 6.31. The highest BCUT2D eigenvalue weighted by Gasteiger charge is 2.28.